The zero-order valence-electron chi connectivity index (χ0n) is 16.5. The molecule has 0 saturated carbocycles. The zero-order valence-corrected chi connectivity index (χ0v) is 18.1. The Balaban J connectivity index is 1.96. The molecule has 4 aromatic rings. The standard InChI is InChI=1S/C25H24ClNS/c1-4-23-25(18-10-12-20(28-3)13-11-18)21-15-17(2)9-14-24(21)27(23)16-19-7-5-6-8-22(19)26/h5-15H,4,16H2,1-3H3. The van der Waals surface area contributed by atoms with Gasteiger partial charge in [-0.15, -0.1) is 11.8 Å². The second kappa shape index (κ2) is 8.06. The Kier molecular flexibility index (Phi) is 5.52. The van der Waals surface area contributed by atoms with E-state index >= 15 is 0 Å². The van der Waals surface area contributed by atoms with Gasteiger partial charge < -0.3 is 4.57 Å². The maximum absolute atomic E-state index is 6.49. The second-order valence-corrected chi connectivity index (χ2v) is 8.39. The lowest BCUT2D eigenvalue weighted by atomic mass is 10.00. The fourth-order valence-corrected chi connectivity index (χ4v) is 4.55. The minimum Gasteiger partial charge on any atom is -0.339 e. The van der Waals surface area contributed by atoms with Gasteiger partial charge in [0.1, 0.15) is 0 Å². The molecule has 28 heavy (non-hydrogen) atoms. The summed E-state index contributed by atoms with van der Waals surface area (Å²) in [6.07, 6.45) is 3.09. The molecule has 0 N–H and O–H groups in total. The number of benzene rings is 3. The molecule has 0 atom stereocenters. The minimum absolute atomic E-state index is 0.783. The predicted octanol–water partition coefficient (Wildman–Crippen LogP) is 7.60. The molecule has 3 heteroatoms. The number of hydrogen-bond acceptors (Lipinski definition) is 1. The monoisotopic (exact) mass is 405 g/mol. The molecule has 0 bridgehead atoms. The fourth-order valence-electron chi connectivity index (χ4n) is 3.95. The van der Waals surface area contributed by atoms with Crippen LogP contribution < -0.4 is 0 Å². The normalized spacial score (nSPS) is 11.3. The third-order valence-electron chi connectivity index (χ3n) is 5.33. The molecule has 0 unspecified atom stereocenters. The van der Waals surface area contributed by atoms with E-state index in [-0.39, 0.29) is 0 Å². The molecule has 1 aromatic heterocycles. The summed E-state index contributed by atoms with van der Waals surface area (Å²) in [5.74, 6) is 0. The molecule has 0 aliphatic carbocycles. The van der Waals surface area contributed by atoms with Crippen molar-refractivity contribution in [2.24, 2.45) is 0 Å². The first-order valence-electron chi connectivity index (χ1n) is 9.62. The minimum atomic E-state index is 0.783. The Morgan fingerprint density at radius 1 is 0.964 bits per heavy atom. The van der Waals surface area contributed by atoms with Crippen molar-refractivity contribution in [1.29, 1.82) is 0 Å². The van der Waals surface area contributed by atoms with Gasteiger partial charge in [0, 0.05) is 38.6 Å². The van der Waals surface area contributed by atoms with E-state index in [2.05, 4.69) is 79.3 Å². The first kappa shape index (κ1) is 19.2. The highest BCUT2D eigenvalue weighted by Crippen LogP contribution is 2.37. The lowest BCUT2D eigenvalue weighted by molar-refractivity contribution is 0.778. The third-order valence-corrected chi connectivity index (χ3v) is 6.44. The molecular weight excluding hydrogens is 382 g/mol. The van der Waals surface area contributed by atoms with Crippen molar-refractivity contribution >= 4 is 34.3 Å². The van der Waals surface area contributed by atoms with Gasteiger partial charge in [0.15, 0.2) is 0 Å². The molecule has 0 spiro atoms. The van der Waals surface area contributed by atoms with Crippen LogP contribution in [-0.2, 0) is 13.0 Å². The van der Waals surface area contributed by atoms with E-state index in [4.69, 9.17) is 11.6 Å². The van der Waals surface area contributed by atoms with Crippen molar-refractivity contribution < 1.29 is 0 Å². The van der Waals surface area contributed by atoms with Crippen molar-refractivity contribution in [3.05, 3.63) is 88.6 Å². The van der Waals surface area contributed by atoms with Crippen molar-refractivity contribution in [2.45, 2.75) is 31.7 Å². The van der Waals surface area contributed by atoms with Crippen LogP contribution >= 0.6 is 23.4 Å². The lowest BCUT2D eigenvalue weighted by Gasteiger charge is -2.12. The quantitative estimate of drug-likeness (QED) is 0.309. The van der Waals surface area contributed by atoms with Crippen molar-refractivity contribution in [2.75, 3.05) is 6.26 Å². The third kappa shape index (κ3) is 3.47. The fraction of sp³-hybridized carbons (Fsp3) is 0.200. The van der Waals surface area contributed by atoms with Crippen LogP contribution in [-0.4, -0.2) is 10.8 Å². The topological polar surface area (TPSA) is 4.93 Å². The lowest BCUT2D eigenvalue weighted by Crippen LogP contribution is -2.04. The van der Waals surface area contributed by atoms with Gasteiger partial charge in [-0.05, 0) is 61.1 Å². The Hall–Kier alpha value is -2.16. The van der Waals surface area contributed by atoms with E-state index in [1.807, 2.05) is 12.1 Å². The predicted molar refractivity (Wildman–Crippen MR) is 124 cm³/mol. The van der Waals surface area contributed by atoms with Crippen molar-refractivity contribution in [3.63, 3.8) is 0 Å². The van der Waals surface area contributed by atoms with Crippen LogP contribution in [0.15, 0.2) is 71.6 Å². The van der Waals surface area contributed by atoms with E-state index in [9.17, 15) is 0 Å². The van der Waals surface area contributed by atoms with Gasteiger partial charge in [0.2, 0.25) is 0 Å². The van der Waals surface area contributed by atoms with Gasteiger partial charge in [-0.2, -0.15) is 0 Å². The Bertz CT molecular complexity index is 1130. The Morgan fingerprint density at radius 2 is 1.71 bits per heavy atom. The van der Waals surface area contributed by atoms with Gasteiger partial charge in [-0.25, -0.2) is 0 Å². The van der Waals surface area contributed by atoms with Crippen LogP contribution in [0.5, 0.6) is 0 Å². The molecule has 142 valence electrons. The smallest absolute Gasteiger partial charge is 0.0493 e. The summed E-state index contributed by atoms with van der Waals surface area (Å²) >= 11 is 8.27. The number of fused-ring (bicyclic) bond motifs is 1. The number of hydrogen-bond donors (Lipinski definition) is 0. The summed E-state index contributed by atoms with van der Waals surface area (Å²) < 4.78 is 2.44. The van der Waals surface area contributed by atoms with Crippen LogP contribution in [0, 0.1) is 6.92 Å². The first-order valence-corrected chi connectivity index (χ1v) is 11.2. The van der Waals surface area contributed by atoms with Gasteiger partial charge in [-0.3, -0.25) is 0 Å². The molecule has 4 rings (SSSR count). The van der Waals surface area contributed by atoms with Crippen LogP contribution in [0.25, 0.3) is 22.0 Å². The largest absolute Gasteiger partial charge is 0.339 e. The molecule has 0 amide bonds. The van der Waals surface area contributed by atoms with Crippen molar-refractivity contribution in [1.82, 2.24) is 4.57 Å². The van der Waals surface area contributed by atoms with E-state index in [0.29, 0.717) is 0 Å². The summed E-state index contributed by atoms with van der Waals surface area (Å²) in [7, 11) is 0. The zero-order chi connectivity index (χ0) is 19.7. The van der Waals surface area contributed by atoms with Gasteiger partial charge >= 0.3 is 0 Å². The highest BCUT2D eigenvalue weighted by molar-refractivity contribution is 7.98. The molecule has 1 heterocycles. The average molecular weight is 406 g/mol. The molecular formula is C25H24ClNS. The summed E-state index contributed by atoms with van der Waals surface area (Å²) in [5, 5.41) is 2.14. The number of halogens is 1. The molecule has 0 aliphatic heterocycles. The number of nitrogens with zero attached hydrogens (tertiary/aromatic N) is 1. The number of aryl methyl sites for hydroxylation is 1. The summed E-state index contributed by atoms with van der Waals surface area (Å²) in [6, 6.07) is 23.8. The maximum atomic E-state index is 6.49. The molecule has 0 fully saturated rings. The van der Waals surface area contributed by atoms with Crippen LogP contribution in [0.3, 0.4) is 0 Å². The van der Waals surface area contributed by atoms with E-state index < -0.39 is 0 Å². The number of rotatable bonds is 5. The molecule has 0 aliphatic rings. The van der Waals surface area contributed by atoms with Crippen LogP contribution in [0.1, 0.15) is 23.7 Å². The van der Waals surface area contributed by atoms with Gasteiger partial charge in [0.05, 0.1) is 0 Å². The number of aromatic nitrogens is 1. The number of thioether (sulfide) groups is 1. The first-order chi connectivity index (χ1) is 13.6. The van der Waals surface area contributed by atoms with E-state index in [1.165, 1.54) is 38.2 Å². The van der Waals surface area contributed by atoms with E-state index in [1.54, 1.807) is 11.8 Å². The Labute approximate surface area is 176 Å². The molecule has 3 aromatic carbocycles. The highest BCUT2D eigenvalue weighted by Gasteiger charge is 2.18. The summed E-state index contributed by atoms with van der Waals surface area (Å²) in [6.45, 7) is 5.19. The van der Waals surface area contributed by atoms with Crippen LogP contribution in [0.4, 0.5) is 0 Å². The molecule has 0 saturated heterocycles. The second-order valence-electron chi connectivity index (χ2n) is 7.10. The van der Waals surface area contributed by atoms with E-state index in [0.717, 1.165) is 23.6 Å². The van der Waals surface area contributed by atoms with Crippen LogP contribution in [0.2, 0.25) is 5.02 Å². The Morgan fingerprint density at radius 3 is 2.39 bits per heavy atom. The average Bonchev–Trinajstić information content (AvgIpc) is 3.02. The molecule has 1 nitrogen and oxygen atoms in total. The summed E-state index contributed by atoms with van der Waals surface area (Å²) in [5.41, 5.74) is 7.69. The van der Waals surface area contributed by atoms with Crippen molar-refractivity contribution in [3.8, 4) is 11.1 Å². The maximum Gasteiger partial charge on any atom is 0.0493 e. The van der Waals surface area contributed by atoms with Gasteiger partial charge in [0.25, 0.3) is 0 Å². The van der Waals surface area contributed by atoms with Gasteiger partial charge in [-0.1, -0.05) is 60.5 Å². The highest BCUT2D eigenvalue weighted by atomic mass is 35.5. The summed E-state index contributed by atoms with van der Waals surface area (Å²) in [4.78, 5) is 1.29. The molecule has 0 radical (unpaired) electrons. The SMILES string of the molecule is CCc1c(-c2ccc(SC)cc2)c2cc(C)ccc2n1Cc1ccccc1Cl.